The van der Waals surface area contributed by atoms with Crippen LogP contribution in [-0.4, -0.2) is 39.0 Å². The van der Waals surface area contributed by atoms with Gasteiger partial charge in [-0.1, -0.05) is 6.07 Å². The minimum absolute atomic E-state index is 0.0337. The SMILES string of the molecule is CCOc1cc(/C=N\N=C(\N)c2nonc2N)cc(N=Nc2cccc([N+](=O)[O-])c2)c1O. The molecule has 0 amide bonds. The van der Waals surface area contributed by atoms with Crippen LogP contribution in [-0.2, 0) is 0 Å². The van der Waals surface area contributed by atoms with Crippen molar-refractivity contribution in [2.75, 3.05) is 12.3 Å². The molecular formula is C18H17N9O5. The molecule has 164 valence electrons. The molecule has 1 aromatic heterocycles. The fourth-order valence-electron chi connectivity index (χ4n) is 2.39. The summed E-state index contributed by atoms with van der Waals surface area (Å²) < 4.78 is 9.86. The number of amidine groups is 1. The van der Waals surface area contributed by atoms with E-state index >= 15 is 0 Å². The van der Waals surface area contributed by atoms with E-state index < -0.39 is 4.92 Å². The number of rotatable bonds is 8. The fourth-order valence-corrected chi connectivity index (χ4v) is 2.39. The number of azo groups is 1. The number of nitrogens with zero attached hydrogens (tertiary/aromatic N) is 7. The summed E-state index contributed by atoms with van der Waals surface area (Å²) >= 11 is 0. The minimum atomic E-state index is -0.546. The van der Waals surface area contributed by atoms with Gasteiger partial charge in [-0.15, -0.1) is 10.2 Å². The minimum Gasteiger partial charge on any atom is -0.503 e. The third-order valence-electron chi connectivity index (χ3n) is 3.82. The van der Waals surface area contributed by atoms with Crippen LogP contribution >= 0.6 is 0 Å². The number of nitrogens with two attached hydrogens (primary N) is 2. The van der Waals surface area contributed by atoms with Crippen LogP contribution in [0.4, 0.5) is 22.9 Å². The zero-order valence-corrected chi connectivity index (χ0v) is 16.6. The highest BCUT2D eigenvalue weighted by molar-refractivity contribution is 5.99. The van der Waals surface area contributed by atoms with E-state index in [4.69, 9.17) is 16.2 Å². The zero-order chi connectivity index (χ0) is 23.1. The van der Waals surface area contributed by atoms with Gasteiger partial charge in [-0.3, -0.25) is 10.1 Å². The summed E-state index contributed by atoms with van der Waals surface area (Å²) in [4.78, 5) is 10.4. The molecule has 5 N–H and O–H groups in total. The van der Waals surface area contributed by atoms with Crippen LogP contribution in [0.1, 0.15) is 18.2 Å². The van der Waals surface area contributed by atoms with Crippen molar-refractivity contribution in [2.45, 2.75) is 6.92 Å². The van der Waals surface area contributed by atoms with Gasteiger partial charge in [0.25, 0.3) is 5.69 Å². The highest BCUT2D eigenvalue weighted by atomic mass is 16.6. The average molecular weight is 439 g/mol. The Morgan fingerprint density at radius 2 is 2.12 bits per heavy atom. The zero-order valence-electron chi connectivity index (χ0n) is 16.6. The van der Waals surface area contributed by atoms with E-state index in [1.165, 1.54) is 42.6 Å². The van der Waals surface area contributed by atoms with Crippen LogP contribution in [0.2, 0.25) is 0 Å². The lowest BCUT2D eigenvalue weighted by atomic mass is 10.2. The van der Waals surface area contributed by atoms with Crippen LogP contribution in [0.5, 0.6) is 11.5 Å². The van der Waals surface area contributed by atoms with Crippen molar-refractivity contribution in [1.29, 1.82) is 0 Å². The second-order valence-electron chi connectivity index (χ2n) is 6.02. The number of benzene rings is 2. The maximum atomic E-state index is 10.9. The van der Waals surface area contributed by atoms with Gasteiger partial charge < -0.3 is 21.3 Å². The molecule has 14 nitrogen and oxygen atoms in total. The van der Waals surface area contributed by atoms with Gasteiger partial charge in [-0.05, 0) is 35.4 Å². The van der Waals surface area contributed by atoms with E-state index in [-0.39, 0.29) is 52.5 Å². The van der Waals surface area contributed by atoms with Crippen molar-refractivity contribution in [3.63, 3.8) is 0 Å². The summed E-state index contributed by atoms with van der Waals surface area (Å²) in [6, 6.07) is 8.55. The molecule has 2 aromatic carbocycles. The maximum absolute atomic E-state index is 10.9. The first-order chi connectivity index (χ1) is 15.4. The van der Waals surface area contributed by atoms with Crippen LogP contribution in [0.25, 0.3) is 0 Å². The first-order valence-electron chi connectivity index (χ1n) is 9.00. The number of hydrogen-bond donors (Lipinski definition) is 3. The topological polar surface area (TPSA) is 213 Å². The largest absolute Gasteiger partial charge is 0.503 e. The van der Waals surface area contributed by atoms with E-state index in [0.29, 0.717) is 5.56 Å². The van der Waals surface area contributed by atoms with Crippen LogP contribution in [0, 0.1) is 10.1 Å². The van der Waals surface area contributed by atoms with E-state index in [1.54, 1.807) is 6.92 Å². The quantitative estimate of drug-likeness (QED) is 0.154. The smallest absolute Gasteiger partial charge is 0.271 e. The number of ether oxygens (including phenoxy) is 1. The second-order valence-corrected chi connectivity index (χ2v) is 6.02. The highest BCUT2D eigenvalue weighted by Gasteiger charge is 2.12. The lowest BCUT2D eigenvalue weighted by molar-refractivity contribution is -0.384. The Labute approximate surface area is 180 Å². The van der Waals surface area contributed by atoms with Crippen molar-refractivity contribution in [3.8, 4) is 11.5 Å². The third-order valence-corrected chi connectivity index (χ3v) is 3.82. The molecule has 0 saturated heterocycles. The molecular weight excluding hydrogens is 422 g/mol. The number of aromatic hydroxyl groups is 1. The van der Waals surface area contributed by atoms with Gasteiger partial charge in [0, 0.05) is 17.7 Å². The summed E-state index contributed by atoms with van der Waals surface area (Å²) in [5.74, 6) is -0.281. The molecule has 0 saturated carbocycles. The normalized spacial score (nSPS) is 12.0. The summed E-state index contributed by atoms with van der Waals surface area (Å²) in [7, 11) is 0. The van der Waals surface area contributed by atoms with E-state index in [2.05, 4.69) is 35.4 Å². The van der Waals surface area contributed by atoms with Crippen LogP contribution in [0.3, 0.4) is 0 Å². The molecule has 0 bridgehead atoms. The van der Waals surface area contributed by atoms with Crippen molar-refractivity contribution in [1.82, 2.24) is 10.3 Å². The predicted octanol–water partition coefficient (Wildman–Crippen LogP) is 2.82. The number of nitro groups is 1. The Morgan fingerprint density at radius 3 is 2.81 bits per heavy atom. The van der Waals surface area contributed by atoms with Gasteiger partial charge in [0.15, 0.2) is 28.8 Å². The number of anilines is 1. The van der Waals surface area contributed by atoms with Gasteiger partial charge in [0.1, 0.15) is 5.69 Å². The summed E-state index contributed by atoms with van der Waals surface area (Å²) in [5.41, 5.74) is 11.9. The molecule has 32 heavy (non-hydrogen) atoms. The average Bonchev–Trinajstić information content (AvgIpc) is 3.21. The summed E-state index contributed by atoms with van der Waals surface area (Å²) in [6.07, 6.45) is 1.32. The Bertz CT molecular complexity index is 1220. The Kier molecular flexibility index (Phi) is 6.65. The van der Waals surface area contributed by atoms with E-state index in [9.17, 15) is 15.2 Å². The lowest BCUT2D eigenvalue weighted by Crippen LogP contribution is -2.15. The number of non-ortho nitro benzene ring substituents is 1. The molecule has 1 heterocycles. The monoisotopic (exact) mass is 439 g/mol. The molecule has 0 aliphatic heterocycles. The van der Waals surface area contributed by atoms with Gasteiger partial charge in [0.2, 0.25) is 0 Å². The number of nitro benzene ring substituents is 1. The molecule has 14 heteroatoms. The van der Waals surface area contributed by atoms with Gasteiger partial charge >= 0.3 is 0 Å². The second kappa shape index (κ2) is 9.75. The number of nitrogen functional groups attached to an aromatic ring is 1. The molecule has 0 fully saturated rings. The Hall–Kier alpha value is -4.88. The third kappa shape index (κ3) is 5.18. The first kappa shape index (κ1) is 21.8. The standard InChI is InChI=1S/C18H17N9O5/c1-2-31-14-7-10(9-21-24-17(19)15-18(20)26-32-25-15)6-13(16(14)28)23-22-11-4-3-5-12(8-11)27(29)30/h3-9,28H,2H2,1H3,(H2,19,24)(H2,20,26)/b21-9-,23-22?. The number of phenolic OH excluding ortho intramolecular Hbond substituents is 1. The summed E-state index contributed by atoms with van der Waals surface area (Å²) in [5, 5.41) is 43.8. The lowest BCUT2D eigenvalue weighted by Gasteiger charge is -2.08. The van der Waals surface area contributed by atoms with Crippen LogP contribution < -0.4 is 16.2 Å². The van der Waals surface area contributed by atoms with Crippen molar-refractivity contribution in [2.24, 2.45) is 26.2 Å². The number of aromatic nitrogens is 2. The van der Waals surface area contributed by atoms with Crippen molar-refractivity contribution < 1.29 is 19.4 Å². The maximum Gasteiger partial charge on any atom is 0.271 e. The van der Waals surface area contributed by atoms with Gasteiger partial charge in [0.05, 0.1) is 23.4 Å². The molecule has 0 aliphatic rings. The molecule has 0 radical (unpaired) electrons. The summed E-state index contributed by atoms with van der Waals surface area (Å²) in [6.45, 7) is 2.02. The highest BCUT2D eigenvalue weighted by Crippen LogP contribution is 2.38. The molecule has 0 unspecified atom stereocenters. The Balaban J connectivity index is 1.91. The predicted molar refractivity (Wildman–Crippen MR) is 114 cm³/mol. The fraction of sp³-hybridized carbons (Fsp3) is 0.111. The first-order valence-corrected chi connectivity index (χ1v) is 9.00. The molecule has 0 atom stereocenters. The number of phenols is 1. The van der Waals surface area contributed by atoms with Crippen LogP contribution in [0.15, 0.2) is 61.5 Å². The van der Waals surface area contributed by atoms with Crippen molar-refractivity contribution >= 4 is 34.9 Å². The molecule has 3 rings (SSSR count). The number of hydrogen-bond acceptors (Lipinski definition) is 12. The van der Waals surface area contributed by atoms with Gasteiger partial charge in [-0.25, -0.2) is 4.63 Å². The molecule has 0 aliphatic carbocycles. The van der Waals surface area contributed by atoms with Gasteiger partial charge in [-0.2, -0.15) is 10.2 Å². The van der Waals surface area contributed by atoms with Crippen molar-refractivity contribution in [3.05, 3.63) is 57.8 Å². The molecule has 3 aromatic rings. The Morgan fingerprint density at radius 1 is 1.31 bits per heavy atom. The van der Waals surface area contributed by atoms with E-state index in [1.807, 2.05) is 0 Å². The molecule has 0 spiro atoms. The van der Waals surface area contributed by atoms with E-state index in [0.717, 1.165) is 0 Å².